The molecule has 0 saturated carbocycles. The van der Waals surface area contributed by atoms with E-state index in [2.05, 4.69) is 18.3 Å². The Labute approximate surface area is 119 Å². The van der Waals surface area contributed by atoms with Crippen LogP contribution in [0.25, 0.3) is 0 Å². The van der Waals surface area contributed by atoms with Crippen LogP contribution < -0.4 is 14.8 Å². The monoisotopic (exact) mass is 275 g/mol. The molecule has 2 heterocycles. The fourth-order valence-corrected chi connectivity index (χ4v) is 2.63. The van der Waals surface area contributed by atoms with Gasteiger partial charge in [-0.15, -0.1) is 0 Å². The minimum atomic E-state index is -0.0609. The van der Waals surface area contributed by atoms with E-state index in [0.717, 1.165) is 43.3 Å². The highest BCUT2D eigenvalue weighted by atomic mass is 16.6. The van der Waals surface area contributed by atoms with Crippen molar-refractivity contribution in [2.75, 3.05) is 19.8 Å². The molecule has 0 aliphatic carbocycles. The number of likely N-dealkylation sites (N-methyl/N-ethyl adjacent to an activating group) is 1. The molecule has 0 saturated heterocycles. The molecule has 2 aliphatic rings. The molecule has 4 heteroatoms. The van der Waals surface area contributed by atoms with Crippen LogP contribution in [0.15, 0.2) is 36.1 Å². The summed E-state index contributed by atoms with van der Waals surface area (Å²) < 4.78 is 17.7. The summed E-state index contributed by atoms with van der Waals surface area (Å²) in [6, 6.07) is 7.85. The van der Waals surface area contributed by atoms with Crippen LogP contribution >= 0.6 is 0 Å². The molecular weight excluding hydrogens is 254 g/mol. The van der Waals surface area contributed by atoms with Crippen molar-refractivity contribution in [3.05, 3.63) is 36.1 Å². The van der Waals surface area contributed by atoms with Crippen molar-refractivity contribution in [1.29, 1.82) is 0 Å². The lowest BCUT2D eigenvalue weighted by Gasteiger charge is -2.34. The van der Waals surface area contributed by atoms with Gasteiger partial charge in [-0.25, -0.2) is 0 Å². The Morgan fingerprint density at radius 1 is 1.25 bits per heavy atom. The highest BCUT2D eigenvalue weighted by Crippen LogP contribution is 2.32. The fraction of sp³-hybridized carbons (Fsp3) is 0.500. The maximum absolute atomic E-state index is 6.09. The van der Waals surface area contributed by atoms with Gasteiger partial charge in [0.15, 0.2) is 17.6 Å². The van der Waals surface area contributed by atoms with Gasteiger partial charge in [0.1, 0.15) is 18.4 Å². The van der Waals surface area contributed by atoms with Gasteiger partial charge in [0.25, 0.3) is 0 Å². The highest BCUT2D eigenvalue weighted by molar-refractivity contribution is 5.41. The first-order valence-corrected chi connectivity index (χ1v) is 7.33. The van der Waals surface area contributed by atoms with E-state index in [4.69, 9.17) is 14.2 Å². The SMILES string of the molecule is CCNC(C1=CCCCO1)C1COc2ccccc2O1. The van der Waals surface area contributed by atoms with E-state index in [0.29, 0.717) is 6.61 Å². The lowest BCUT2D eigenvalue weighted by atomic mass is 10.1. The summed E-state index contributed by atoms with van der Waals surface area (Å²) >= 11 is 0. The van der Waals surface area contributed by atoms with Gasteiger partial charge in [-0.3, -0.25) is 0 Å². The molecule has 2 aliphatic heterocycles. The van der Waals surface area contributed by atoms with Crippen molar-refractivity contribution in [3.63, 3.8) is 0 Å². The second-order valence-corrected chi connectivity index (χ2v) is 5.05. The van der Waals surface area contributed by atoms with Crippen molar-refractivity contribution in [3.8, 4) is 11.5 Å². The lowest BCUT2D eigenvalue weighted by Crippen LogP contribution is -2.49. The molecule has 20 heavy (non-hydrogen) atoms. The first-order valence-electron chi connectivity index (χ1n) is 7.33. The fourth-order valence-electron chi connectivity index (χ4n) is 2.63. The third-order valence-electron chi connectivity index (χ3n) is 3.60. The normalized spacial score (nSPS) is 22.6. The second-order valence-electron chi connectivity index (χ2n) is 5.05. The summed E-state index contributed by atoms with van der Waals surface area (Å²) in [6.45, 7) is 4.29. The van der Waals surface area contributed by atoms with Gasteiger partial charge in [-0.05, 0) is 37.6 Å². The molecule has 0 aromatic heterocycles. The van der Waals surface area contributed by atoms with Crippen molar-refractivity contribution >= 4 is 0 Å². The molecule has 0 fully saturated rings. The van der Waals surface area contributed by atoms with Gasteiger partial charge in [-0.2, -0.15) is 0 Å². The zero-order chi connectivity index (χ0) is 13.8. The lowest BCUT2D eigenvalue weighted by molar-refractivity contribution is 0.0470. The van der Waals surface area contributed by atoms with Crippen molar-refractivity contribution in [2.24, 2.45) is 0 Å². The molecule has 2 atom stereocenters. The minimum absolute atomic E-state index is 0.0497. The summed E-state index contributed by atoms with van der Waals surface area (Å²) in [5.74, 6) is 2.62. The van der Waals surface area contributed by atoms with Crippen LogP contribution in [0.3, 0.4) is 0 Å². The predicted molar refractivity (Wildman–Crippen MR) is 77.1 cm³/mol. The number of allylic oxidation sites excluding steroid dienone is 1. The molecule has 0 amide bonds. The van der Waals surface area contributed by atoms with Crippen LogP contribution in [0, 0.1) is 0 Å². The Hall–Kier alpha value is -1.68. The van der Waals surface area contributed by atoms with Crippen LogP contribution in [0.4, 0.5) is 0 Å². The van der Waals surface area contributed by atoms with Crippen LogP contribution in [-0.4, -0.2) is 31.9 Å². The van der Waals surface area contributed by atoms with Crippen LogP contribution in [0.5, 0.6) is 11.5 Å². The average Bonchev–Trinajstić information content (AvgIpc) is 2.53. The molecule has 0 radical (unpaired) electrons. The van der Waals surface area contributed by atoms with Crippen molar-refractivity contribution in [1.82, 2.24) is 5.32 Å². The average molecular weight is 275 g/mol. The Morgan fingerprint density at radius 2 is 2.10 bits per heavy atom. The molecule has 0 spiro atoms. The van der Waals surface area contributed by atoms with E-state index < -0.39 is 0 Å². The van der Waals surface area contributed by atoms with Gasteiger partial charge in [0.05, 0.1) is 6.61 Å². The number of rotatable bonds is 4. The van der Waals surface area contributed by atoms with E-state index in [9.17, 15) is 0 Å². The first-order chi connectivity index (χ1) is 9.88. The largest absolute Gasteiger partial charge is 0.496 e. The Bertz CT molecular complexity index is 486. The molecule has 108 valence electrons. The number of benzene rings is 1. The van der Waals surface area contributed by atoms with Gasteiger partial charge in [0, 0.05) is 0 Å². The van der Waals surface area contributed by atoms with E-state index in [1.165, 1.54) is 0 Å². The minimum Gasteiger partial charge on any atom is -0.496 e. The number of hydrogen-bond donors (Lipinski definition) is 1. The molecule has 2 unspecified atom stereocenters. The van der Waals surface area contributed by atoms with Crippen LogP contribution in [-0.2, 0) is 4.74 Å². The van der Waals surface area contributed by atoms with Crippen LogP contribution in [0.2, 0.25) is 0 Å². The van der Waals surface area contributed by atoms with E-state index in [-0.39, 0.29) is 12.1 Å². The third kappa shape index (κ3) is 2.75. The summed E-state index contributed by atoms with van der Waals surface area (Å²) in [5.41, 5.74) is 0. The number of nitrogens with one attached hydrogen (secondary N) is 1. The summed E-state index contributed by atoms with van der Waals surface area (Å²) in [7, 11) is 0. The molecule has 1 aromatic rings. The number of fused-ring (bicyclic) bond motifs is 1. The summed E-state index contributed by atoms with van der Waals surface area (Å²) in [5, 5.41) is 3.45. The van der Waals surface area contributed by atoms with Gasteiger partial charge in [0.2, 0.25) is 0 Å². The van der Waals surface area contributed by atoms with E-state index >= 15 is 0 Å². The third-order valence-corrected chi connectivity index (χ3v) is 3.60. The standard InChI is InChI=1S/C16H21NO3/c1-2-17-16(14-9-5-6-10-18-14)15-11-19-12-7-3-4-8-13(12)20-15/h3-4,7-9,15-17H,2,5-6,10-11H2,1H3. The number of hydrogen-bond acceptors (Lipinski definition) is 4. The second kappa shape index (κ2) is 6.18. The van der Waals surface area contributed by atoms with Crippen LogP contribution in [0.1, 0.15) is 19.8 Å². The quantitative estimate of drug-likeness (QED) is 0.916. The maximum atomic E-state index is 6.09. The zero-order valence-corrected chi connectivity index (χ0v) is 11.8. The number of para-hydroxylation sites is 2. The van der Waals surface area contributed by atoms with Crippen molar-refractivity contribution in [2.45, 2.75) is 31.9 Å². The maximum Gasteiger partial charge on any atom is 0.161 e. The molecule has 1 N–H and O–H groups in total. The molecule has 0 bridgehead atoms. The van der Waals surface area contributed by atoms with Crippen molar-refractivity contribution < 1.29 is 14.2 Å². The summed E-state index contributed by atoms with van der Waals surface area (Å²) in [4.78, 5) is 0. The van der Waals surface area contributed by atoms with E-state index in [1.807, 2.05) is 24.3 Å². The van der Waals surface area contributed by atoms with E-state index in [1.54, 1.807) is 0 Å². The first kappa shape index (κ1) is 13.3. The molecule has 1 aromatic carbocycles. The Kier molecular flexibility index (Phi) is 4.11. The topological polar surface area (TPSA) is 39.7 Å². The van der Waals surface area contributed by atoms with Gasteiger partial charge < -0.3 is 19.5 Å². The predicted octanol–water partition coefficient (Wildman–Crippen LogP) is 2.50. The highest BCUT2D eigenvalue weighted by Gasteiger charge is 2.32. The smallest absolute Gasteiger partial charge is 0.161 e. The number of ether oxygens (including phenoxy) is 3. The molecule has 3 rings (SSSR count). The van der Waals surface area contributed by atoms with Gasteiger partial charge >= 0.3 is 0 Å². The Balaban J connectivity index is 1.77. The molecular formula is C16H21NO3. The zero-order valence-electron chi connectivity index (χ0n) is 11.8. The van der Waals surface area contributed by atoms with Gasteiger partial charge in [-0.1, -0.05) is 19.1 Å². The summed E-state index contributed by atoms with van der Waals surface area (Å²) in [6.07, 6.45) is 4.27. The Morgan fingerprint density at radius 3 is 2.85 bits per heavy atom. The molecule has 4 nitrogen and oxygen atoms in total.